The zero-order chi connectivity index (χ0) is 27.2. The molecular formula is C27H26F4N8. The van der Waals surface area contributed by atoms with Gasteiger partial charge in [0.2, 0.25) is 0 Å². The molecule has 2 fully saturated rings. The van der Waals surface area contributed by atoms with E-state index in [-0.39, 0.29) is 12.1 Å². The first kappa shape index (κ1) is 25.5. The first-order valence-electron chi connectivity index (χ1n) is 12.8. The fraction of sp³-hybridized carbons (Fsp3) is 0.407. The van der Waals surface area contributed by atoms with Gasteiger partial charge in [-0.3, -0.25) is 14.5 Å². The molecule has 39 heavy (non-hydrogen) atoms. The van der Waals surface area contributed by atoms with Crippen molar-refractivity contribution in [1.29, 1.82) is 5.26 Å². The van der Waals surface area contributed by atoms with Gasteiger partial charge in [0.1, 0.15) is 23.3 Å². The maximum absolute atomic E-state index is 14.3. The molecule has 8 nitrogen and oxygen atoms in total. The van der Waals surface area contributed by atoms with Crippen LogP contribution in [0.3, 0.4) is 0 Å². The van der Waals surface area contributed by atoms with Gasteiger partial charge in [0.15, 0.2) is 0 Å². The standard InChI is InChI=1S/C27H26F4N8/c28-23-11-20(27(29,30)31)2-1-18(23)13-37-9-4-21(5-10-37)38-15-26(16-38,6-7-32)39-14-19(12-36-39)24-22-3-8-33-25(22)35-17-34-24/h1-3,8,11-12,14,17,21H,4-6,9-10,13,15-16H2,(H,33,34,35). The number of nitrogens with zero attached hydrogens (tertiary/aromatic N) is 7. The van der Waals surface area contributed by atoms with Crippen LogP contribution in [0.2, 0.25) is 0 Å². The van der Waals surface area contributed by atoms with Gasteiger partial charge in [0, 0.05) is 54.6 Å². The SMILES string of the molecule is N#CCC1(n2cc(-c3ncnc4[nH]ccc34)cn2)CN(C2CCN(Cc3ccc(C(F)(F)F)cc3F)CC2)C1. The fourth-order valence-electron chi connectivity index (χ4n) is 5.80. The number of nitriles is 1. The van der Waals surface area contributed by atoms with Crippen LogP contribution >= 0.6 is 0 Å². The van der Waals surface area contributed by atoms with Crippen LogP contribution in [0.1, 0.15) is 30.4 Å². The lowest BCUT2D eigenvalue weighted by atomic mass is 9.83. The molecule has 4 aromatic rings. The van der Waals surface area contributed by atoms with Gasteiger partial charge < -0.3 is 4.98 Å². The van der Waals surface area contributed by atoms with Gasteiger partial charge in [-0.1, -0.05) is 6.07 Å². The van der Waals surface area contributed by atoms with E-state index >= 15 is 0 Å². The summed E-state index contributed by atoms with van der Waals surface area (Å²) < 4.78 is 54.7. The second kappa shape index (κ2) is 9.73. The van der Waals surface area contributed by atoms with Crippen molar-refractivity contribution in [3.8, 4) is 17.3 Å². The van der Waals surface area contributed by atoms with Crippen LogP contribution in [0.25, 0.3) is 22.3 Å². The summed E-state index contributed by atoms with van der Waals surface area (Å²) in [4.78, 5) is 16.2. The Bertz CT molecular complexity index is 1520. The number of fused-ring (bicyclic) bond motifs is 1. The first-order valence-corrected chi connectivity index (χ1v) is 12.8. The number of aromatic nitrogens is 5. The number of likely N-dealkylation sites (tertiary alicyclic amines) is 2. The highest BCUT2D eigenvalue weighted by Crippen LogP contribution is 2.37. The number of hydrogen-bond donors (Lipinski definition) is 1. The minimum Gasteiger partial charge on any atom is -0.346 e. The van der Waals surface area contributed by atoms with E-state index in [2.05, 4.69) is 35.9 Å². The van der Waals surface area contributed by atoms with Crippen molar-refractivity contribution >= 4 is 11.0 Å². The van der Waals surface area contributed by atoms with Crippen molar-refractivity contribution in [1.82, 2.24) is 34.5 Å². The number of H-pyrrole nitrogens is 1. The Labute approximate surface area is 221 Å². The molecule has 5 heterocycles. The zero-order valence-electron chi connectivity index (χ0n) is 21.0. The molecule has 0 amide bonds. The van der Waals surface area contributed by atoms with Crippen LogP contribution < -0.4 is 0 Å². The normalized spacial score (nSPS) is 18.7. The summed E-state index contributed by atoms with van der Waals surface area (Å²) in [5.41, 5.74) is 1.28. The number of aromatic amines is 1. The zero-order valence-corrected chi connectivity index (χ0v) is 21.0. The average molecular weight is 539 g/mol. The molecule has 0 bridgehead atoms. The average Bonchev–Trinajstić information content (AvgIpc) is 3.57. The third kappa shape index (κ3) is 4.77. The highest BCUT2D eigenvalue weighted by molar-refractivity contribution is 5.90. The van der Waals surface area contributed by atoms with Crippen molar-refractivity contribution in [3.63, 3.8) is 0 Å². The molecule has 6 rings (SSSR count). The van der Waals surface area contributed by atoms with E-state index in [1.54, 1.807) is 6.20 Å². The monoisotopic (exact) mass is 538 g/mol. The maximum atomic E-state index is 14.3. The number of hydrogen-bond acceptors (Lipinski definition) is 6. The second-order valence-corrected chi connectivity index (χ2v) is 10.4. The summed E-state index contributed by atoms with van der Waals surface area (Å²) in [6.07, 6.45) is 4.56. The molecule has 2 aliphatic heterocycles. The number of alkyl halides is 3. The lowest BCUT2D eigenvalue weighted by Crippen LogP contribution is -2.66. The molecular weight excluding hydrogens is 512 g/mol. The number of piperidine rings is 1. The Hall–Kier alpha value is -3.82. The van der Waals surface area contributed by atoms with E-state index in [1.807, 2.05) is 23.1 Å². The highest BCUT2D eigenvalue weighted by Gasteiger charge is 2.48. The van der Waals surface area contributed by atoms with Crippen molar-refractivity contribution in [3.05, 3.63) is 66.1 Å². The van der Waals surface area contributed by atoms with Crippen LogP contribution in [-0.2, 0) is 18.3 Å². The van der Waals surface area contributed by atoms with Crippen molar-refractivity contribution in [2.75, 3.05) is 26.2 Å². The van der Waals surface area contributed by atoms with Gasteiger partial charge in [-0.15, -0.1) is 0 Å². The molecule has 0 unspecified atom stereocenters. The van der Waals surface area contributed by atoms with E-state index in [1.165, 1.54) is 12.4 Å². The molecule has 2 aliphatic rings. The van der Waals surface area contributed by atoms with E-state index in [9.17, 15) is 22.8 Å². The van der Waals surface area contributed by atoms with Crippen LogP contribution in [0.4, 0.5) is 17.6 Å². The molecule has 1 aromatic carbocycles. The Morgan fingerprint density at radius 2 is 1.92 bits per heavy atom. The fourth-order valence-corrected chi connectivity index (χ4v) is 5.80. The summed E-state index contributed by atoms with van der Waals surface area (Å²) in [5, 5.41) is 15.1. The van der Waals surface area contributed by atoms with Crippen LogP contribution in [0.15, 0.2) is 49.2 Å². The third-order valence-corrected chi connectivity index (χ3v) is 7.95. The molecule has 202 valence electrons. The number of rotatable bonds is 6. The van der Waals surface area contributed by atoms with Crippen LogP contribution in [-0.4, -0.2) is 66.8 Å². The largest absolute Gasteiger partial charge is 0.416 e. The minimum absolute atomic E-state index is 0.272. The molecule has 3 aromatic heterocycles. The summed E-state index contributed by atoms with van der Waals surface area (Å²) in [5.74, 6) is -0.825. The van der Waals surface area contributed by atoms with E-state index < -0.39 is 23.1 Å². The lowest BCUT2D eigenvalue weighted by molar-refractivity contribution is -0.137. The van der Waals surface area contributed by atoms with Gasteiger partial charge >= 0.3 is 6.18 Å². The summed E-state index contributed by atoms with van der Waals surface area (Å²) in [6.45, 7) is 3.12. The molecule has 0 spiro atoms. The minimum atomic E-state index is -4.56. The highest BCUT2D eigenvalue weighted by atomic mass is 19.4. The number of halogens is 4. The second-order valence-electron chi connectivity index (χ2n) is 10.4. The van der Waals surface area contributed by atoms with Gasteiger partial charge in [0.05, 0.1) is 29.9 Å². The number of benzene rings is 1. The Morgan fingerprint density at radius 1 is 1.13 bits per heavy atom. The van der Waals surface area contributed by atoms with E-state index in [0.717, 1.165) is 54.3 Å². The number of nitrogens with one attached hydrogen (secondary N) is 1. The molecule has 2 saturated heterocycles. The predicted molar refractivity (Wildman–Crippen MR) is 135 cm³/mol. The topological polar surface area (TPSA) is 89.7 Å². The first-order chi connectivity index (χ1) is 18.8. The Morgan fingerprint density at radius 3 is 2.64 bits per heavy atom. The predicted octanol–water partition coefficient (Wildman–Crippen LogP) is 4.57. The quantitative estimate of drug-likeness (QED) is 0.362. The van der Waals surface area contributed by atoms with Crippen molar-refractivity contribution in [2.45, 2.75) is 43.6 Å². The summed E-state index contributed by atoms with van der Waals surface area (Å²) in [7, 11) is 0. The van der Waals surface area contributed by atoms with Gasteiger partial charge in [0.25, 0.3) is 0 Å². The molecule has 12 heteroatoms. The summed E-state index contributed by atoms with van der Waals surface area (Å²) >= 11 is 0. The van der Waals surface area contributed by atoms with Crippen molar-refractivity contribution < 1.29 is 17.6 Å². The molecule has 0 atom stereocenters. The van der Waals surface area contributed by atoms with Gasteiger partial charge in [-0.2, -0.15) is 23.5 Å². The molecule has 0 aliphatic carbocycles. The van der Waals surface area contributed by atoms with Gasteiger partial charge in [-0.05, 0) is 44.1 Å². The van der Waals surface area contributed by atoms with E-state index in [0.29, 0.717) is 31.6 Å². The molecule has 0 radical (unpaired) electrons. The van der Waals surface area contributed by atoms with Crippen LogP contribution in [0.5, 0.6) is 0 Å². The smallest absolute Gasteiger partial charge is 0.346 e. The van der Waals surface area contributed by atoms with E-state index in [4.69, 9.17) is 0 Å². The Kier molecular flexibility index (Phi) is 6.35. The lowest BCUT2D eigenvalue weighted by Gasteiger charge is -2.53. The van der Waals surface area contributed by atoms with Crippen LogP contribution in [0, 0.1) is 17.1 Å². The Balaban J connectivity index is 1.08. The molecule has 1 N–H and O–H groups in total. The molecule has 0 saturated carbocycles. The van der Waals surface area contributed by atoms with Gasteiger partial charge in [-0.25, -0.2) is 14.4 Å². The summed E-state index contributed by atoms with van der Waals surface area (Å²) in [6, 6.07) is 7.32. The third-order valence-electron chi connectivity index (χ3n) is 7.95. The maximum Gasteiger partial charge on any atom is 0.416 e. The van der Waals surface area contributed by atoms with Crippen molar-refractivity contribution in [2.24, 2.45) is 0 Å².